The molecule has 3 rings (SSSR count). The summed E-state index contributed by atoms with van der Waals surface area (Å²) in [6.45, 7) is 1.83. The van der Waals surface area contributed by atoms with Gasteiger partial charge in [0, 0.05) is 5.92 Å². The van der Waals surface area contributed by atoms with E-state index in [1.165, 1.54) is 44.9 Å². The summed E-state index contributed by atoms with van der Waals surface area (Å²) in [5.41, 5.74) is 0. The van der Waals surface area contributed by atoms with Crippen LogP contribution in [0.25, 0.3) is 0 Å². The Kier molecular flexibility index (Phi) is 5.01. The molecule has 0 spiro atoms. The molecule has 0 aromatic carbocycles. The lowest BCUT2D eigenvalue weighted by atomic mass is 9.89. The minimum Gasteiger partial charge on any atom is -0.338 e. The average Bonchev–Trinajstić information content (AvgIpc) is 3.07. The van der Waals surface area contributed by atoms with Gasteiger partial charge in [-0.25, -0.2) is 0 Å². The smallest absolute Gasteiger partial charge is 0.240 e. The molecule has 0 saturated heterocycles. The maximum atomic E-state index is 5.30. The van der Waals surface area contributed by atoms with Crippen LogP contribution in [0.1, 0.15) is 62.6 Å². The van der Waals surface area contributed by atoms with Crippen molar-refractivity contribution in [3.63, 3.8) is 0 Å². The minimum absolute atomic E-state index is 0. The molecule has 18 heavy (non-hydrogen) atoms. The lowest BCUT2D eigenvalue weighted by molar-refractivity contribution is 0.350. The van der Waals surface area contributed by atoms with Gasteiger partial charge in [-0.15, -0.1) is 12.4 Å². The van der Waals surface area contributed by atoms with Gasteiger partial charge in [0.05, 0.1) is 6.54 Å². The van der Waals surface area contributed by atoms with Crippen LogP contribution in [0.5, 0.6) is 0 Å². The Labute approximate surface area is 114 Å². The summed E-state index contributed by atoms with van der Waals surface area (Å²) in [4.78, 5) is 4.51. The van der Waals surface area contributed by atoms with Gasteiger partial charge in [0.1, 0.15) is 0 Å². The fraction of sp³-hybridized carbons (Fsp3) is 0.846. The standard InChI is InChI=1S/C13H21N3O.ClH/c1-2-4-11(5-3-1)13-15-12(17-16-13)9-14-8-10-6-7-10;/h10-11,14H,1-9H2;1H. The van der Waals surface area contributed by atoms with Gasteiger partial charge in [-0.2, -0.15) is 4.98 Å². The Balaban J connectivity index is 0.00000120. The van der Waals surface area contributed by atoms with Gasteiger partial charge >= 0.3 is 0 Å². The second-order valence-corrected chi connectivity index (χ2v) is 5.46. The third kappa shape index (κ3) is 3.69. The molecule has 1 aromatic rings. The zero-order valence-electron chi connectivity index (χ0n) is 10.7. The summed E-state index contributed by atoms with van der Waals surface area (Å²) in [6, 6.07) is 0. The van der Waals surface area contributed by atoms with E-state index in [-0.39, 0.29) is 12.4 Å². The number of halogens is 1. The molecule has 2 fully saturated rings. The van der Waals surface area contributed by atoms with Crippen LogP contribution in [0.15, 0.2) is 4.52 Å². The van der Waals surface area contributed by atoms with E-state index in [1.54, 1.807) is 0 Å². The van der Waals surface area contributed by atoms with Crippen molar-refractivity contribution in [2.75, 3.05) is 6.54 Å². The molecule has 0 atom stereocenters. The van der Waals surface area contributed by atoms with Crippen molar-refractivity contribution in [2.24, 2.45) is 5.92 Å². The predicted molar refractivity (Wildman–Crippen MR) is 71.8 cm³/mol. The Bertz CT molecular complexity index is 359. The van der Waals surface area contributed by atoms with Crippen LogP contribution in [0.2, 0.25) is 0 Å². The molecule has 102 valence electrons. The third-order valence-electron chi connectivity index (χ3n) is 3.86. The van der Waals surface area contributed by atoms with Crippen LogP contribution in [0, 0.1) is 5.92 Å². The fourth-order valence-corrected chi connectivity index (χ4v) is 2.57. The summed E-state index contributed by atoms with van der Waals surface area (Å²) in [6.07, 6.45) is 9.21. The van der Waals surface area contributed by atoms with E-state index >= 15 is 0 Å². The van der Waals surface area contributed by atoms with Gasteiger partial charge in [0.15, 0.2) is 5.82 Å². The molecular weight excluding hydrogens is 250 g/mol. The highest BCUT2D eigenvalue weighted by Crippen LogP contribution is 2.31. The van der Waals surface area contributed by atoms with Crippen LogP contribution in [0.4, 0.5) is 0 Å². The van der Waals surface area contributed by atoms with Gasteiger partial charge in [0.2, 0.25) is 5.89 Å². The van der Waals surface area contributed by atoms with Crippen molar-refractivity contribution in [1.82, 2.24) is 15.5 Å². The predicted octanol–water partition coefficient (Wildman–Crippen LogP) is 3.04. The highest BCUT2D eigenvalue weighted by Gasteiger charge is 2.22. The molecule has 4 nitrogen and oxygen atoms in total. The summed E-state index contributed by atoms with van der Waals surface area (Å²) in [5, 5.41) is 7.51. The van der Waals surface area contributed by atoms with Crippen molar-refractivity contribution < 1.29 is 4.52 Å². The number of hydrogen-bond acceptors (Lipinski definition) is 4. The number of rotatable bonds is 5. The first kappa shape index (κ1) is 13.8. The number of nitrogens with one attached hydrogen (secondary N) is 1. The summed E-state index contributed by atoms with van der Waals surface area (Å²) in [7, 11) is 0. The Morgan fingerprint density at radius 3 is 2.61 bits per heavy atom. The van der Waals surface area contributed by atoms with Crippen molar-refractivity contribution in [2.45, 2.75) is 57.4 Å². The SMILES string of the molecule is C1CCC(c2noc(CNCC3CC3)n2)CC1.Cl. The first-order chi connectivity index (χ1) is 8.42. The Morgan fingerprint density at radius 2 is 1.89 bits per heavy atom. The lowest BCUT2D eigenvalue weighted by Crippen LogP contribution is -2.16. The molecule has 2 saturated carbocycles. The highest BCUT2D eigenvalue weighted by molar-refractivity contribution is 5.85. The zero-order chi connectivity index (χ0) is 11.5. The molecule has 1 aromatic heterocycles. The van der Waals surface area contributed by atoms with Crippen molar-refractivity contribution >= 4 is 12.4 Å². The molecule has 0 aliphatic heterocycles. The second kappa shape index (κ2) is 6.53. The van der Waals surface area contributed by atoms with E-state index in [4.69, 9.17) is 4.52 Å². The van der Waals surface area contributed by atoms with E-state index in [9.17, 15) is 0 Å². The van der Waals surface area contributed by atoms with Crippen LogP contribution < -0.4 is 5.32 Å². The summed E-state index contributed by atoms with van der Waals surface area (Å²) < 4.78 is 5.30. The van der Waals surface area contributed by atoms with E-state index in [1.807, 2.05) is 0 Å². The molecule has 0 bridgehead atoms. The Morgan fingerprint density at radius 1 is 1.11 bits per heavy atom. The number of aromatic nitrogens is 2. The molecule has 5 heteroatoms. The molecule has 1 heterocycles. The van der Waals surface area contributed by atoms with Crippen LogP contribution >= 0.6 is 12.4 Å². The number of nitrogens with zero attached hydrogens (tertiary/aromatic N) is 2. The van der Waals surface area contributed by atoms with Crippen LogP contribution in [-0.4, -0.2) is 16.7 Å². The van der Waals surface area contributed by atoms with E-state index in [0.717, 1.165) is 30.7 Å². The minimum atomic E-state index is 0. The molecule has 1 N–H and O–H groups in total. The number of hydrogen-bond donors (Lipinski definition) is 1. The van der Waals surface area contributed by atoms with Crippen LogP contribution in [-0.2, 0) is 6.54 Å². The van der Waals surface area contributed by atoms with Gasteiger partial charge in [-0.1, -0.05) is 24.4 Å². The highest BCUT2D eigenvalue weighted by atomic mass is 35.5. The van der Waals surface area contributed by atoms with Gasteiger partial charge in [-0.3, -0.25) is 0 Å². The van der Waals surface area contributed by atoms with Crippen molar-refractivity contribution in [1.29, 1.82) is 0 Å². The summed E-state index contributed by atoms with van der Waals surface area (Å²) in [5.74, 6) is 3.14. The first-order valence-corrected chi connectivity index (χ1v) is 6.95. The molecular formula is C13H22ClN3O. The topological polar surface area (TPSA) is 51.0 Å². The largest absolute Gasteiger partial charge is 0.338 e. The maximum absolute atomic E-state index is 5.30. The van der Waals surface area contributed by atoms with Gasteiger partial charge in [0.25, 0.3) is 0 Å². The molecule has 0 amide bonds. The zero-order valence-corrected chi connectivity index (χ0v) is 11.5. The molecule has 2 aliphatic carbocycles. The van der Waals surface area contributed by atoms with E-state index in [0.29, 0.717) is 5.92 Å². The molecule has 2 aliphatic rings. The van der Waals surface area contributed by atoms with Crippen LogP contribution in [0.3, 0.4) is 0 Å². The third-order valence-corrected chi connectivity index (χ3v) is 3.86. The fourth-order valence-electron chi connectivity index (χ4n) is 2.57. The van der Waals surface area contributed by atoms with Gasteiger partial charge < -0.3 is 9.84 Å². The summed E-state index contributed by atoms with van der Waals surface area (Å²) >= 11 is 0. The molecule has 0 unspecified atom stereocenters. The lowest BCUT2D eigenvalue weighted by Gasteiger charge is -2.17. The average molecular weight is 272 g/mol. The van der Waals surface area contributed by atoms with E-state index in [2.05, 4.69) is 15.5 Å². The van der Waals surface area contributed by atoms with E-state index < -0.39 is 0 Å². The normalized spacial score (nSPS) is 20.7. The van der Waals surface area contributed by atoms with Crippen molar-refractivity contribution in [3.05, 3.63) is 11.7 Å². The quantitative estimate of drug-likeness (QED) is 0.894. The molecule has 0 radical (unpaired) electrons. The maximum Gasteiger partial charge on any atom is 0.240 e. The first-order valence-electron chi connectivity index (χ1n) is 6.95. The van der Waals surface area contributed by atoms with Crippen molar-refractivity contribution in [3.8, 4) is 0 Å². The monoisotopic (exact) mass is 271 g/mol. The second-order valence-electron chi connectivity index (χ2n) is 5.46. The Hall–Kier alpha value is -0.610. The van der Waals surface area contributed by atoms with Gasteiger partial charge in [-0.05, 0) is 38.1 Å².